The molecule has 4 rings (SSSR count). The van der Waals surface area contributed by atoms with E-state index in [-0.39, 0.29) is 34.5 Å². The average molecular weight is 393 g/mol. The minimum Gasteiger partial charge on any atom is -0.342 e. The Hall–Kier alpha value is -2.38. The zero-order valence-corrected chi connectivity index (χ0v) is 15.6. The van der Waals surface area contributed by atoms with Crippen molar-refractivity contribution in [2.75, 3.05) is 13.1 Å². The number of hydrogen-bond acceptors (Lipinski definition) is 4. The summed E-state index contributed by atoms with van der Waals surface area (Å²) in [5, 5.41) is 3.90. The molecule has 0 N–H and O–H groups in total. The third-order valence-corrected chi connectivity index (χ3v) is 5.72. The predicted molar refractivity (Wildman–Crippen MR) is 96.6 cm³/mol. The lowest BCUT2D eigenvalue weighted by molar-refractivity contribution is -0.137. The van der Waals surface area contributed by atoms with Gasteiger partial charge in [0.2, 0.25) is 5.91 Å². The van der Waals surface area contributed by atoms with Crippen LogP contribution in [-0.2, 0) is 11.0 Å². The van der Waals surface area contributed by atoms with Crippen molar-refractivity contribution in [1.82, 2.24) is 15.0 Å². The van der Waals surface area contributed by atoms with E-state index in [0.29, 0.717) is 31.6 Å². The number of halogens is 3. The van der Waals surface area contributed by atoms with Crippen molar-refractivity contribution in [1.29, 1.82) is 0 Å². The van der Waals surface area contributed by atoms with Gasteiger partial charge in [-0.05, 0) is 45.1 Å². The maximum atomic E-state index is 13.5. The number of allylic oxidation sites excluding steroid dienone is 2. The Balaban J connectivity index is 1.54. The highest BCUT2D eigenvalue weighted by atomic mass is 19.4. The van der Waals surface area contributed by atoms with Crippen LogP contribution < -0.4 is 0 Å². The number of amides is 1. The number of fused-ring (bicyclic) bond motifs is 1. The first-order valence-electron chi connectivity index (χ1n) is 9.62. The highest BCUT2D eigenvalue weighted by molar-refractivity contribution is 5.82. The van der Waals surface area contributed by atoms with Crippen LogP contribution in [0.5, 0.6) is 0 Å². The maximum Gasteiger partial charge on any atom is 0.417 e. The maximum absolute atomic E-state index is 13.5. The Morgan fingerprint density at radius 1 is 1.21 bits per heavy atom. The fraction of sp³-hybridized carbons (Fsp3) is 0.550. The third-order valence-electron chi connectivity index (χ3n) is 5.72. The molecule has 2 aromatic heterocycles. The first-order chi connectivity index (χ1) is 13.3. The Morgan fingerprint density at radius 3 is 2.61 bits per heavy atom. The predicted octanol–water partition coefficient (Wildman–Crippen LogP) is 4.61. The first kappa shape index (κ1) is 19.0. The van der Waals surface area contributed by atoms with E-state index in [1.807, 2.05) is 11.0 Å². The van der Waals surface area contributed by atoms with E-state index in [2.05, 4.69) is 16.2 Å². The zero-order chi connectivity index (χ0) is 19.9. The number of rotatable bonds is 2. The third kappa shape index (κ3) is 3.52. The van der Waals surface area contributed by atoms with Gasteiger partial charge in [-0.3, -0.25) is 4.79 Å². The average Bonchev–Trinajstić information content (AvgIpc) is 3.10. The summed E-state index contributed by atoms with van der Waals surface area (Å²) in [5.41, 5.74) is -0.277. The molecule has 1 atom stereocenters. The lowest BCUT2D eigenvalue weighted by atomic mass is 9.88. The molecule has 1 aliphatic carbocycles. The van der Waals surface area contributed by atoms with Crippen LogP contribution in [0.2, 0.25) is 0 Å². The molecule has 8 heteroatoms. The molecule has 0 unspecified atom stereocenters. The summed E-state index contributed by atoms with van der Waals surface area (Å²) in [6.45, 7) is 2.55. The van der Waals surface area contributed by atoms with Crippen LogP contribution in [0.1, 0.15) is 55.0 Å². The van der Waals surface area contributed by atoms with Gasteiger partial charge >= 0.3 is 6.18 Å². The molecule has 0 aromatic carbocycles. The Bertz CT molecular complexity index is 911. The summed E-state index contributed by atoms with van der Waals surface area (Å²) in [7, 11) is 0. The highest BCUT2D eigenvalue weighted by Gasteiger charge is 2.38. The number of carbonyl (C=O) groups is 1. The SMILES string of the molecule is Cc1cc(C(F)(F)F)c2c(C3CCN(C(=O)[C@@H]4CC=CCC4)CC3)noc2n1. The minimum absolute atomic E-state index is 0.0263. The van der Waals surface area contributed by atoms with Crippen molar-refractivity contribution in [2.24, 2.45) is 5.92 Å². The molecular weight excluding hydrogens is 371 g/mol. The van der Waals surface area contributed by atoms with Crippen molar-refractivity contribution in [3.05, 3.63) is 35.2 Å². The molecule has 3 heterocycles. The van der Waals surface area contributed by atoms with Gasteiger partial charge in [0, 0.05) is 30.6 Å². The number of nitrogens with zero attached hydrogens (tertiary/aromatic N) is 3. The Labute approximate surface area is 160 Å². The second kappa shape index (κ2) is 7.22. The number of aromatic nitrogens is 2. The van der Waals surface area contributed by atoms with Crippen LogP contribution >= 0.6 is 0 Å². The summed E-state index contributed by atoms with van der Waals surface area (Å²) in [6, 6.07) is 1.04. The lowest BCUT2D eigenvalue weighted by Crippen LogP contribution is -2.41. The van der Waals surface area contributed by atoms with Crippen molar-refractivity contribution >= 4 is 17.0 Å². The Morgan fingerprint density at radius 2 is 1.96 bits per heavy atom. The molecule has 0 saturated carbocycles. The van der Waals surface area contributed by atoms with Crippen LogP contribution in [-0.4, -0.2) is 34.0 Å². The van der Waals surface area contributed by atoms with Gasteiger partial charge in [-0.15, -0.1) is 0 Å². The van der Waals surface area contributed by atoms with E-state index < -0.39 is 11.7 Å². The summed E-state index contributed by atoms with van der Waals surface area (Å²) in [5.74, 6) is 0.00155. The molecule has 0 bridgehead atoms. The summed E-state index contributed by atoms with van der Waals surface area (Å²) < 4.78 is 45.8. The molecule has 0 spiro atoms. The van der Waals surface area contributed by atoms with E-state index in [0.717, 1.165) is 25.3 Å². The summed E-state index contributed by atoms with van der Waals surface area (Å²) in [4.78, 5) is 18.6. The van der Waals surface area contributed by atoms with Crippen molar-refractivity contribution in [3.8, 4) is 0 Å². The topological polar surface area (TPSA) is 59.2 Å². The number of piperidine rings is 1. The monoisotopic (exact) mass is 393 g/mol. The van der Waals surface area contributed by atoms with Crippen molar-refractivity contribution in [3.63, 3.8) is 0 Å². The van der Waals surface area contributed by atoms with E-state index >= 15 is 0 Å². The molecule has 28 heavy (non-hydrogen) atoms. The molecule has 2 aromatic rings. The first-order valence-corrected chi connectivity index (χ1v) is 9.62. The van der Waals surface area contributed by atoms with Gasteiger partial charge < -0.3 is 9.42 Å². The molecule has 1 saturated heterocycles. The van der Waals surface area contributed by atoms with Gasteiger partial charge in [0.15, 0.2) is 0 Å². The van der Waals surface area contributed by atoms with Crippen LogP contribution in [0.3, 0.4) is 0 Å². The molecule has 1 fully saturated rings. The molecular formula is C20H22F3N3O2. The standard InChI is InChI=1S/C20H22F3N3O2/c1-12-11-15(20(21,22)23)16-17(25-28-18(16)24-12)13-7-9-26(10-8-13)19(27)14-5-3-2-4-6-14/h2-3,11,13-14H,4-10H2,1H3/t14-/m1/s1. The van der Waals surface area contributed by atoms with Gasteiger partial charge in [-0.25, -0.2) is 4.98 Å². The lowest BCUT2D eigenvalue weighted by Gasteiger charge is -2.34. The Kier molecular flexibility index (Phi) is 4.89. The minimum atomic E-state index is -4.50. The molecule has 2 aliphatic rings. The molecule has 5 nitrogen and oxygen atoms in total. The molecule has 1 aliphatic heterocycles. The quantitative estimate of drug-likeness (QED) is 0.699. The van der Waals surface area contributed by atoms with Gasteiger partial charge in [0.1, 0.15) is 0 Å². The summed E-state index contributed by atoms with van der Waals surface area (Å²) >= 11 is 0. The van der Waals surface area contributed by atoms with E-state index in [9.17, 15) is 18.0 Å². The van der Waals surface area contributed by atoms with Gasteiger partial charge in [0.05, 0.1) is 16.6 Å². The molecule has 1 amide bonds. The van der Waals surface area contributed by atoms with Crippen LogP contribution in [0.15, 0.2) is 22.7 Å². The second-order valence-corrected chi connectivity index (χ2v) is 7.64. The number of aryl methyl sites for hydroxylation is 1. The number of likely N-dealkylation sites (tertiary alicyclic amines) is 1. The van der Waals surface area contributed by atoms with E-state index in [1.54, 1.807) is 0 Å². The van der Waals surface area contributed by atoms with Crippen molar-refractivity contribution in [2.45, 2.75) is 51.1 Å². The fourth-order valence-electron chi connectivity index (χ4n) is 4.25. The number of alkyl halides is 3. The van der Waals surface area contributed by atoms with Crippen LogP contribution in [0.25, 0.3) is 11.1 Å². The van der Waals surface area contributed by atoms with Crippen LogP contribution in [0.4, 0.5) is 13.2 Å². The highest BCUT2D eigenvalue weighted by Crippen LogP contribution is 2.40. The second-order valence-electron chi connectivity index (χ2n) is 7.64. The zero-order valence-electron chi connectivity index (χ0n) is 15.6. The fourth-order valence-corrected chi connectivity index (χ4v) is 4.25. The van der Waals surface area contributed by atoms with E-state index in [4.69, 9.17) is 4.52 Å². The molecule has 150 valence electrons. The smallest absolute Gasteiger partial charge is 0.342 e. The van der Waals surface area contributed by atoms with Gasteiger partial charge in [-0.2, -0.15) is 13.2 Å². The van der Waals surface area contributed by atoms with Gasteiger partial charge in [0.25, 0.3) is 5.71 Å². The number of carbonyl (C=O) groups excluding carboxylic acids is 1. The number of pyridine rings is 1. The van der Waals surface area contributed by atoms with Gasteiger partial charge in [-0.1, -0.05) is 17.3 Å². The van der Waals surface area contributed by atoms with Crippen LogP contribution in [0, 0.1) is 12.8 Å². The molecule has 0 radical (unpaired) electrons. The largest absolute Gasteiger partial charge is 0.417 e. The number of hydrogen-bond donors (Lipinski definition) is 0. The van der Waals surface area contributed by atoms with Crippen molar-refractivity contribution < 1.29 is 22.5 Å². The normalized spacial score (nSPS) is 21.4. The van der Waals surface area contributed by atoms with E-state index in [1.165, 1.54) is 6.92 Å². The summed E-state index contributed by atoms with van der Waals surface area (Å²) in [6.07, 6.45) is 3.34.